The predicted molar refractivity (Wildman–Crippen MR) is 122 cm³/mol. The lowest BCUT2D eigenvalue weighted by Crippen LogP contribution is -2.21. The molecule has 0 fully saturated rings. The van der Waals surface area contributed by atoms with Crippen molar-refractivity contribution in [3.05, 3.63) is 83.9 Å². The quantitative estimate of drug-likeness (QED) is 0.313. The highest BCUT2D eigenvalue weighted by atomic mass is 32.2. The van der Waals surface area contributed by atoms with Crippen LogP contribution in [0.25, 0.3) is 21.5 Å². The zero-order valence-electron chi connectivity index (χ0n) is 17.5. The maximum atomic E-state index is 13.6. The molecule has 0 bridgehead atoms. The fourth-order valence-corrected chi connectivity index (χ4v) is 6.84. The summed E-state index contributed by atoms with van der Waals surface area (Å²) >= 11 is 0. The summed E-state index contributed by atoms with van der Waals surface area (Å²) in [5.74, 6) is 0.0604. The van der Waals surface area contributed by atoms with Gasteiger partial charge in [0.2, 0.25) is 0 Å². The summed E-state index contributed by atoms with van der Waals surface area (Å²) in [5.41, 5.74) is 1.86. The molecule has 0 saturated carbocycles. The zero-order chi connectivity index (χ0) is 22.5. The van der Waals surface area contributed by atoms with Gasteiger partial charge in [0.1, 0.15) is 5.75 Å². The van der Waals surface area contributed by atoms with E-state index in [1.165, 1.54) is 24.3 Å². The Morgan fingerprint density at radius 3 is 2.47 bits per heavy atom. The van der Waals surface area contributed by atoms with Crippen molar-refractivity contribution in [2.45, 2.75) is 42.4 Å². The predicted octanol–water partition coefficient (Wildman–Crippen LogP) is 7.01. The van der Waals surface area contributed by atoms with Gasteiger partial charge in [0.25, 0.3) is 0 Å². The van der Waals surface area contributed by atoms with Gasteiger partial charge in [-0.25, -0.2) is 8.42 Å². The number of hydrogen-bond acceptors (Lipinski definition) is 3. The topological polar surface area (TPSA) is 43.4 Å². The maximum Gasteiger partial charge on any atom is 0.387 e. The molecule has 6 heteroatoms. The summed E-state index contributed by atoms with van der Waals surface area (Å²) in [6, 6.07) is 21.7. The Labute approximate surface area is 185 Å². The number of sulfone groups is 1. The lowest BCUT2D eigenvalue weighted by atomic mass is 9.80. The van der Waals surface area contributed by atoms with E-state index in [0.29, 0.717) is 6.42 Å². The van der Waals surface area contributed by atoms with E-state index in [2.05, 4.69) is 35.9 Å². The fraction of sp³-hybridized carbons (Fsp3) is 0.231. The molecule has 0 N–H and O–H groups in total. The van der Waals surface area contributed by atoms with Gasteiger partial charge in [0.05, 0.1) is 10.1 Å². The first kappa shape index (κ1) is 20.9. The second kappa shape index (κ2) is 7.85. The second-order valence-corrected chi connectivity index (χ2v) is 10.4. The molecule has 2 atom stereocenters. The lowest BCUT2D eigenvalue weighted by molar-refractivity contribution is -0.0499. The molecule has 1 aliphatic rings. The van der Waals surface area contributed by atoms with E-state index in [1.54, 1.807) is 0 Å². The fourth-order valence-electron chi connectivity index (χ4n) is 4.97. The van der Waals surface area contributed by atoms with Gasteiger partial charge in [-0.2, -0.15) is 8.78 Å². The number of benzene rings is 4. The number of ether oxygens (including phenoxy) is 1. The number of fused-ring (bicyclic) bond motifs is 5. The van der Waals surface area contributed by atoms with E-state index < -0.39 is 21.7 Å². The van der Waals surface area contributed by atoms with Gasteiger partial charge >= 0.3 is 6.61 Å². The third kappa shape index (κ3) is 3.43. The van der Waals surface area contributed by atoms with Crippen molar-refractivity contribution < 1.29 is 21.9 Å². The molecule has 164 valence electrons. The van der Waals surface area contributed by atoms with E-state index in [0.717, 1.165) is 39.1 Å². The number of alkyl halides is 2. The van der Waals surface area contributed by atoms with Crippen molar-refractivity contribution in [3.8, 4) is 5.75 Å². The molecule has 32 heavy (non-hydrogen) atoms. The minimum Gasteiger partial charge on any atom is -0.435 e. The highest BCUT2D eigenvalue weighted by Gasteiger charge is 2.36. The van der Waals surface area contributed by atoms with Crippen LogP contribution in [0.4, 0.5) is 8.78 Å². The van der Waals surface area contributed by atoms with Crippen molar-refractivity contribution in [1.29, 1.82) is 0 Å². The van der Waals surface area contributed by atoms with Crippen molar-refractivity contribution >= 4 is 31.4 Å². The van der Waals surface area contributed by atoms with E-state index in [4.69, 9.17) is 0 Å². The molecule has 0 radical (unpaired) electrons. The Hall–Kier alpha value is -2.99. The molecule has 0 amide bonds. The van der Waals surface area contributed by atoms with Gasteiger partial charge in [-0.1, -0.05) is 61.5 Å². The minimum atomic E-state index is -3.79. The van der Waals surface area contributed by atoms with Gasteiger partial charge in [-0.15, -0.1) is 0 Å². The van der Waals surface area contributed by atoms with Crippen LogP contribution in [0.2, 0.25) is 0 Å². The van der Waals surface area contributed by atoms with Crippen molar-refractivity contribution in [2.24, 2.45) is 0 Å². The monoisotopic (exact) mass is 452 g/mol. The van der Waals surface area contributed by atoms with Crippen LogP contribution in [0.15, 0.2) is 77.7 Å². The van der Waals surface area contributed by atoms with Crippen LogP contribution < -0.4 is 4.74 Å². The second-order valence-electron chi connectivity index (χ2n) is 8.32. The average molecular weight is 453 g/mol. The minimum absolute atomic E-state index is 0.000221. The first-order valence-corrected chi connectivity index (χ1v) is 12.1. The molecular formula is C26H22F2O3S. The third-order valence-electron chi connectivity index (χ3n) is 6.44. The number of rotatable bonds is 4. The smallest absolute Gasteiger partial charge is 0.387 e. The highest BCUT2D eigenvalue weighted by molar-refractivity contribution is 7.91. The molecule has 5 rings (SSSR count). The molecule has 4 aromatic carbocycles. The number of hydrogen-bond donors (Lipinski definition) is 0. The summed E-state index contributed by atoms with van der Waals surface area (Å²) in [6.45, 7) is -0.877. The molecule has 1 aliphatic carbocycles. The molecular weight excluding hydrogens is 430 g/mol. The van der Waals surface area contributed by atoms with E-state index >= 15 is 0 Å². The molecule has 0 heterocycles. The Bertz CT molecular complexity index is 1430. The zero-order valence-corrected chi connectivity index (χ0v) is 18.3. The Kier molecular flexibility index (Phi) is 5.13. The Balaban J connectivity index is 1.66. The SMILES string of the molecule is CC1CCC(S(=O)(=O)c2cccc(OC(F)F)c2)c2ccc3c(ccc4ccccc43)c21. The van der Waals surface area contributed by atoms with Crippen LogP contribution in [0.3, 0.4) is 0 Å². The first-order valence-electron chi connectivity index (χ1n) is 10.6. The molecule has 3 nitrogen and oxygen atoms in total. The van der Waals surface area contributed by atoms with Crippen molar-refractivity contribution in [2.75, 3.05) is 0 Å². The van der Waals surface area contributed by atoms with Crippen LogP contribution >= 0.6 is 0 Å². The van der Waals surface area contributed by atoms with E-state index in [-0.39, 0.29) is 16.6 Å². The number of halogens is 2. The third-order valence-corrected chi connectivity index (χ3v) is 8.59. The summed E-state index contributed by atoms with van der Waals surface area (Å²) in [7, 11) is -3.79. The summed E-state index contributed by atoms with van der Waals surface area (Å²) in [4.78, 5) is -0.000221. The summed E-state index contributed by atoms with van der Waals surface area (Å²) < 4.78 is 56.9. The first-order chi connectivity index (χ1) is 15.4. The molecule has 0 aliphatic heterocycles. The average Bonchev–Trinajstić information content (AvgIpc) is 2.78. The Morgan fingerprint density at radius 1 is 0.875 bits per heavy atom. The van der Waals surface area contributed by atoms with Gasteiger partial charge in [0.15, 0.2) is 9.84 Å². The van der Waals surface area contributed by atoms with E-state index in [9.17, 15) is 17.2 Å². The van der Waals surface area contributed by atoms with Crippen molar-refractivity contribution in [1.82, 2.24) is 0 Å². The summed E-state index contributed by atoms with van der Waals surface area (Å²) in [5, 5.41) is 3.74. The van der Waals surface area contributed by atoms with Gasteiger partial charge in [-0.05, 0) is 69.6 Å². The van der Waals surface area contributed by atoms with Crippen LogP contribution in [0.1, 0.15) is 42.1 Å². The van der Waals surface area contributed by atoms with Gasteiger partial charge < -0.3 is 4.74 Å². The van der Waals surface area contributed by atoms with Crippen LogP contribution in [0.5, 0.6) is 5.75 Å². The maximum absolute atomic E-state index is 13.6. The molecule has 0 spiro atoms. The van der Waals surface area contributed by atoms with Gasteiger partial charge in [0, 0.05) is 0 Å². The largest absolute Gasteiger partial charge is 0.435 e. The van der Waals surface area contributed by atoms with Crippen LogP contribution in [0, 0.1) is 0 Å². The van der Waals surface area contributed by atoms with E-state index in [1.807, 2.05) is 24.3 Å². The Morgan fingerprint density at radius 2 is 1.66 bits per heavy atom. The molecule has 2 unspecified atom stereocenters. The molecule has 0 saturated heterocycles. The standard InChI is InChI=1S/C26H22F2O3S/c1-16-9-14-24(32(29,30)19-7-4-6-18(15-19)31-26(27)28)23-13-12-21-20-8-3-2-5-17(20)10-11-22(21)25(16)23/h2-8,10-13,15-16,24,26H,9,14H2,1H3. The van der Waals surface area contributed by atoms with Crippen LogP contribution in [-0.4, -0.2) is 15.0 Å². The van der Waals surface area contributed by atoms with Crippen LogP contribution in [-0.2, 0) is 9.84 Å². The normalized spacial score (nSPS) is 18.8. The highest BCUT2D eigenvalue weighted by Crippen LogP contribution is 2.47. The molecule has 4 aromatic rings. The molecule has 0 aromatic heterocycles. The lowest BCUT2D eigenvalue weighted by Gasteiger charge is -2.31. The summed E-state index contributed by atoms with van der Waals surface area (Å²) in [6.07, 6.45) is 1.21. The van der Waals surface area contributed by atoms with Crippen molar-refractivity contribution in [3.63, 3.8) is 0 Å². The van der Waals surface area contributed by atoms with Gasteiger partial charge in [-0.3, -0.25) is 0 Å².